The molecular weight excluding hydrogens is 326 g/mol. The Morgan fingerprint density at radius 1 is 1.28 bits per heavy atom. The number of nitrogens with one attached hydrogen (secondary N) is 2. The smallest absolute Gasteiger partial charge is 0.272 e. The minimum Gasteiger partial charge on any atom is -0.343 e. The number of nitrogens with zero attached hydrogens (tertiary/aromatic N) is 5. The van der Waals surface area contributed by atoms with Gasteiger partial charge in [0, 0.05) is 23.7 Å². The number of fused-ring (bicyclic) bond motifs is 2. The summed E-state index contributed by atoms with van der Waals surface area (Å²) < 4.78 is 1.76. The van der Waals surface area contributed by atoms with Gasteiger partial charge < -0.3 is 5.32 Å². The largest absolute Gasteiger partial charge is 0.343 e. The predicted molar refractivity (Wildman–Crippen MR) is 86.9 cm³/mol. The van der Waals surface area contributed by atoms with E-state index in [1.807, 2.05) is 12.1 Å². The van der Waals surface area contributed by atoms with Crippen LogP contribution < -0.4 is 5.32 Å². The minimum absolute atomic E-state index is 0.0903. The molecule has 2 N–H and O–H groups in total. The van der Waals surface area contributed by atoms with E-state index in [9.17, 15) is 14.9 Å². The molecule has 0 bridgehead atoms. The second-order valence-corrected chi connectivity index (χ2v) is 5.29. The molecule has 1 amide bonds. The number of aromatic nitrogens is 5. The van der Waals surface area contributed by atoms with Gasteiger partial charge in [-0.15, -0.1) is 10.2 Å². The number of carbonyl (C=O) groups is 1. The summed E-state index contributed by atoms with van der Waals surface area (Å²) in [6, 6.07) is 9.67. The van der Waals surface area contributed by atoms with Gasteiger partial charge in [-0.2, -0.15) is 5.10 Å². The molecule has 0 radical (unpaired) electrons. The zero-order chi connectivity index (χ0) is 17.4. The number of H-pyrrole nitrogens is 1. The van der Waals surface area contributed by atoms with Crippen molar-refractivity contribution in [2.45, 2.75) is 6.54 Å². The van der Waals surface area contributed by atoms with Crippen molar-refractivity contribution >= 4 is 28.1 Å². The lowest BCUT2D eigenvalue weighted by molar-refractivity contribution is -0.384. The first kappa shape index (κ1) is 14.8. The number of nitro benzene ring substituents is 1. The molecule has 1 aromatic carbocycles. The van der Waals surface area contributed by atoms with Crippen molar-refractivity contribution in [1.82, 2.24) is 30.1 Å². The second kappa shape index (κ2) is 5.67. The summed E-state index contributed by atoms with van der Waals surface area (Å²) in [6.07, 6.45) is 1.80. The number of aromatic amines is 1. The van der Waals surface area contributed by atoms with Gasteiger partial charge in [-0.1, -0.05) is 6.07 Å². The maximum absolute atomic E-state index is 12.4. The molecule has 0 spiro atoms. The minimum atomic E-state index is -0.517. The molecule has 3 aromatic heterocycles. The number of amides is 1. The predicted octanol–water partition coefficient (Wildman–Crippen LogP) is 1.44. The Kier molecular flexibility index (Phi) is 3.35. The number of non-ortho nitro benzene ring substituents is 1. The monoisotopic (exact) mass is 337 g/mol. The van der Waals surface area contributed by atoms with Crippen molar-refractivity contribution in [2.24, 2.45) is 0 Å². The first-order valence-corrected chi connectivity index (χ1v) is 7.33. The van der Waals surface area contributed by atoms with Crippen LogP contribution in [0.15, 0.2) is 42.6 Å². The summed E-state index contributed by atoms with van der Waals surface area (Å²) in [5.74, 6) is 0.106. The summed E-state index contributed by atoms with van der Waals surface area (Å²) in [4.78, 5) is 22.8. The lowest BCUT2D eigenvalue weighted by atomic mass is 10.2. The van der Waals surface area contributed by atoms with Crippen LogP contribution in [0.5, 0.6) is 0 Å². The molecule has 0 unspecified atom stereocenters. The van der Waals surface area contributed by atoms with Crippen molar-refractivity contribution in [3.8, 4) is 0 Å². The van der Waals surface area contributed by atoms with Crippen LogP contribution >= 0.6 is 0 Å². The fourth-order valence-electron chi connectivity index (χ4n) is 2.54. The Bertz CT molecular complexity index is 1110. The van der Waals surface area contributed by atoms with E-state index in [2.05, 4.69) is 25.7 Å². The maximum atomic E-state index is 12.4. The van der Waals surface area contributed by atoms with Crippen LogP contribution in [0.25, 0.3) is 16.6 Å². The molecule has 4 aromatic rings. The Balaban J connectivity index is 1.60. The van der Waals surface area contributed by atoms with Crippen molar-refractivity contribution < 1.29 is 9.72 Å². The van der Waals surface area contributed by atoms with Crippen LogP contribution in [0.2, 0.25) is 0 Å². The van der Waals surface area contributed by atoms with Crippen LogP contribution in [0, 0.1) is 10.1 Å². The highest BCUT2D eigenvalue weighted by Gasteiger charge is 2.17. The maximum Gasteiger partial charge on any atom is 0.272 e. The van der Waals surface area contributed by atoms with Gasteiger partial charge in [0.25, 0.3) is 11.6 Å². The highest BCUT2D eigenvalue weighted by Crippen LogP contribution is 2.22. The van der Waals surface area contributed by atoms with Crippen molar-refractivity contribution in [2.75, 3.05) is 0 Å². The first-order valence-electron chi connectivity index (χ1n) is 7.33. The molecule has 0 saturated carbocycles. The summed E-state index contributed by atoms with van der Waals surface area (Å²) in [5, 5.41) is 28.7. The number of hydrogen-bond donors (Lipinski definition) is 2. The SMILES string of the molecule is O=C(NCc1nnc2ccccn12)c1n[nH]c2ccc([N+](=O)[O-])cc12. The van der Waals surface area contributed by atoms with Gasteiger partial charge in [0.1, 0.15) is 0 Å². The van der Waals surface area contributed by atoms with E-state index in [0.29, 0.717) is 22.4 Å². The van der Waals surface area contributed by atoms with Gasteiger partial charge in [-0.25, -0.2) is 0 Å². The van der Waals surface area contributed by atoms with E-state index in [0.717, 1.165) is 0 Å². The van der Waals surface area contributed by atoms with Crippen LogP contribution in [-0.4, -0.2) is 35.6 Å². The molecule has 0 aliphatic carbocycles. The molecule has 10 nitrogen and oxygen atoms in total. The molecule has 25 heavy (non-hydrogen) atoms. The number of hydrogen-bond acceptors (Lipinski definition) is 6. The van der Waals surface area contributed by atoms with Gasteiger partial charge in [0.15, 0.2) is 17.2 Å². The third kappa shape index (κ3) is 2.55. The second-order valence-electron chi connectivity index (χ2n) is 5.29. The van der Waals surface area contributed by atoms with Crippen molar-refractivity contribution in [3.63, 3.8) is 0 Å². The Hall–Kier alpha value is -3.82. The number of nitro groups is 1. The number of pyridine rings is 1. The van der Waals surface area contributed by atoms with Gasteiger partial charge >= 0.3 is 0 Å². The molecule has 124 valence electrons. The summed E-state index contributed by atoms with van der Waals surface area (Å²) >= 11 is 0. The van der Waals surface area contributed by atoms with Gasteiger partial charge in [0.2, 0.25) is 0 Å². The topological polar surface area (TPSA) is 131 Å². The Labute approximate surface area is 139 Å². The fourth-order valence-corrected chi connectivity index (χ4v) is 2.54. The molecule has 0 aliphatic heterocycles. The highest BCUT2D eigenvalue weighted by molar-refractivity contribution is 6.05. The molecule has 0 atom stereocenters. The van der Waals surface area contributed by atoms with Gasteiger partial charge in [-0.05, 0) is 18.2 Å². The van der Waals surface area contributed by atoms with Crippen molar-refractivity contribution in [3.05, 3.63) is 64.2 Å². The number of carbonyl (C=O) groups excluding carboxylic acids is 1. The summed E-state index contributed by atoms with van der Waals surface area (Å²) in [7, 11) is 0. The van der Waals surface area contributed by atoms with E-state index in [1.165, 1.54) is 18.2 Å². The van der Waals surface area contributed by atoms with E-state index in [-0.39, 0.29) is 17.9 Å². The molecule has 0 saturated heterocycles. The number of benzene rings is 1. The normalized spacial score (nSPS) is 11.0. The molecule has 0 aliphatic rings. The standard InChI is InChI=1S/C15H11N7O3/c23-15(16-8-13-19-18-12-3-1-2-6-21(12)13)14-10-7-9(22(24)25)4-5-11(10)17-20-14/h1-7H,8H2,(H,16,23)(H,17,20). The van der Waals surface area contributed by atoms with Gasteiger partial charge in [0.05, 0.1) is 17.0 Å². The Morgan fingerprint density at radius 3 is 3.00 bits per heavy atom. The molecular formula is C15H11N7O3. The van der Waals surface area contributed by atoms with Crippen molar-refractivity contribution in [1.29, 1.82) is 0 Å². The fraction of sp³-hybridized carbons (Fsp3) is 0.0667. The van der Waals surface area contributed by atoms with Crippen LogP contribution in [0.3, 0.4) is 0 Å². The molecule has 0 fully saturated rings. The average molecular weight is 337 g/mol. The zero-order valence-corrected chi connectivity index (χ0v) is 12.7. The van der Waals surface area contributed by atoms with Crippen LogP contribution in [-0.2, 0) is 6.54 Å². The van der Waals surface area contributed by atoms with E-state index in [4.69, 9.17) is 0 Å². The highest BCUT2D eigenvalue weighted by atomic mass is 16.6. The Morgan fingerprint density at radius 2 is 2.16 bits per heavy atom. The lowest BCUT2D eigenvalue weighted by Gasteiger charge is -2.02. The molecule has 10 heteroatoms. The van der Waals surface area contributed by atoms with Crippen LogP contribution in [0.1, 0.15) is 16.3 Å². The average Bonchev–Trinajstić information content (AvgIpc) is 3.23. The van der Waals surface area contributed by atoms with Gasteiger partial charge in [-0.3, -0.25) is 24.4 Å². The summed E-state index contributed by atoms with van der Waals surface area (Å²) in [6.45, 7) is 0.146. The van der Waals surface area contributed by atoms with E-state index in [1.54, 1.807) is 16.7 Å². The van der Waals surface area contributed by atoms with Crippen LogP contribution in [0.4, 0.5) is 5.69 Å². The first-order chi connectivity index (χ1) is 12.1. The third-order valence-electron chi connectivity index (χ3n) is 3.76. The molecule has 4 rings (SSSR count). The number of rotatable bonds is 4. The zero-order valence-electron chi connectivity index (χ0n) is 12.7. The molecule has 3 heterocycles. The van der Waals surface area contributed by atoms with E-state index < -0.39 is 10.8 Å². The quantitative estimate of drug-likeness (QED) is 0.428. The third-order valence-corrected chi connectivity index (χ3v) is 3.76. The lowest BCUT2D eigenvalue weighted by Crippen LogP contribution is -2.24. The van der Waals surface area contributed by atoms with E-state index >= 15 is 0 Å². The summed E-state index contributed by atoms with van der Waals surface area (Å²) in [5.41, 5.74) is 1.20.